The van der Waals surface area contributed by atoms with Crippen LogP contribution in [0.5, 0.6) is 11.5 Å². The summed E-state index contributed by atoms with van der Waals surface area (Å²) in [5, 5.41) is 6.25. The average molecular weight is 510 g/mol. The molecule has 1 aliphatic rings. The van der Waals surface area contributed by atoms with E-state index in [1.165, 1.54) is 0 Å². The van der Waals surface area contributed by atoms with Crippen LogP contribution in [-0.4, -0.2) is 87.3 Å². The number of methoxy groups -OCH3 is 2. The molecule has 1 atom stereocenters. The summed E-state index contributed by atoms with van der Waals surface area (Å²) in [6, 6.07) is 5.85. The molecule has 0 aliphatic carbocycles. The summed E-state index contributed by atoms with van der Waals surface area (Å²) < 4.78 is 40.7. The standard InChI is InChI=1S/C23H35N5O6S/c1-16-15-27(19-7-8-25-18-14-21(33-6)20(32-5)13-17(18)19)10-9-26(16)11-12-28(35(24,30)31)22(29)34-23(2,3)4/h7-8,13-14,16H,9-12,15H2,1-6H3,(H2,24,30,31)/t16-/m1/s1. The first-order chi connectivity index (χ1) is 16.3. The zero-order valence-corrected chi connectivity index (χ0v) is 22.0. The predicted octanol–water partition coefficient (Wildman–Crippen LogP) is 2.20. The SMILES string of the molecule is COc1cc2nccc(N3CCN(CCN(C(=O)OC(C)(C)C)S(N)(=O)=O)[C@H](C)C3)c2cc1OC. The van der Waals surface area contributed by atoms with Crippen molar-refractivity contribution in [3.8, 4) is 11.5 Å². The number of nitrogens with zero attached hydrogens (tertiary/aromatic N) is 4. The molecule has 0 unspecified atom stereocenters. The van der Waals surface area contributed by atoms with Crippen molar-refractivity contribution in [2.75, 3.05) is 51.8 Å². The van der Waals surface area contributed by atoms with E-state index in [1.807, 2.05) is 18.2 Å². The maximum atomic E-state index is 12.4. The van der Waals surface area contributed by atoms with E-state index in [9.17, 15) is 13.2 Å². The highest BCUT2D eigenvalue weighted by Gasteiger charge is 2.31. The zero-order chi connectivity index (χ0) is 26.0. The van der Waals surface area contributed by atoms with Crippen LogP contribution in [0.3, 0.4) is 0 Å². The summed E-state index contributed by atoms with van der Waals surface area (Å²) in [4.78, 5) is 21.3. The Balaban J connectivity index is 1.73. The van der Waals surface area contributed by atoms with Gasteiger partial charge in [-0.15, -0.1) is 0 Å². The molecule has 0 saturated carbocycles. The predicted molar refractivity (Wildman–Crippen MR) is 134 cm³/mol. The molecule has 12 heteroatoms. The first-order valence-corrected chi connectivity index (χ1v) is 12.9. The van der Waals surface area contributed by atoms with E-state index in [0.29, 0.717) is 42.0 Å². The number of ether oxygens (including phenoxy) is 3. The Labute approximate surface area is 206 Å². The average Bonchev–Trinajstić information content (AvgIpc) is 2.76. The van der Waals surface area contributed by atoms with Crippen LogP contribution in [0.25, 0.3) is 10.9 Å². The molecule has 1 aromatic carbocycles. The van der Waals surface area contributed by atoms with Crippen LogP contribution < -0.4 is 19.5 Å². The third kappa shape index (κ3) is 6.44. The van der Waals surface area contributed by atoms with Gasteiger partial charge >= 0.3 is 16.3 Å². The molecule has 0 spiro atoms. The Morgan fingerprint density at radius 3 is 2.43 bits per heavy atom. The van der Waals surface area contributed by atoms with Crippen LogP contribution >= 0.6 is 0 Å². The van der Waals surface area contributed by atoms with Crippen molar-refractivity contribution in [3.05, 3.63) is 24.4 Å². The van der Waals surface area contributed by atoms with E-state index in [1.54, 1.807) is 41.2 Å². The third-order valence-electron chi connectivity index (χ3n) is 5.82. The second-order valence-electron chi connectivity index (χ2n) is 9.48. The highest BCUT2D eigenvalue weighted by atomic mass is 32.2. The Kier molecular flexibility index (Phi) is 7.97. The van der Waals surface area contributed by atoms with Crippen LogP contribution in [0.4, 0.5) is 10.5 Å². The molecule has 2 N–H and O–H groups in total. The lowest BCUT2D eigenvalue weighted by Gasteiger charge is -2.41. The summed E-state index contributed by atoms with van der Waals surface area (Å²) >= 11 is 0. The van der Waals surface area contributed by atoms with Crippen LogP contribution in [0.2, 0.25) is 0 Å². The first-order valence-electron chi connectivity index (χ1n) is 11.4. The number of amides is 1. The van der Waals surface area contributed by atoms with Gasteiger partial charge in [0.2, 0.25) is 0 Å². The number of benzene rings is 1. The Morgan fingerprint density at radius 1 is 1.20 bits per heavy atom. The molecule has 194 valence electrons. The molecule has 2 heterocycles. The summed E-state index contributed by atoms with van der Waals surface area (Å²) in [6.45, 7) is 9.40. The first kappa shape index (κ1) is 26.8. The molecule has 3 rings (SSSR count). The fourth-order valence-corrected chi connectivity index (χ4v) is 4.72. The minimum Gasteiger partial charge on any atom is -0.493 e. The molecule has 1 fully saturated rings. The molecule has 0 radical (unpaired) electrons. The lowest BCUT2D eigenvalue weighted by Crippen LogP contribution is -2.55. The molecular formula is C23H35N5O6S. The number of carbonyl (C=O) groups is 1. The van der Waals surface area contributed by atoms with Crippen LogP contribution in [0, 0.1) is 0 Å². The lowest BCUT2D eigenvalue weighted by atomic mass is 10.1. The van der Waals surface area contributed by atoms with Gasteiger partial charge in [-0.2, -0.15) is 12.7 Å². The normalized spacial score (nSPS) is 17.3. The van der Waals surface area contributed by atoms with E-state index >= 15 is 0 Å². The van der Waals surface area contributed by atoms with Crippen molar-refractivity contribution in [1.82, 2.24) is 14.2 Å². The summed E-state index contributed by atoms with van der Waals surface area (Å²) in [6.07, 6.45) is 0.796. The van der Waals surface area contributed by atoms with E-state index < -0.39 is 21.9 Å². The van der Waals surface area contributed by atoms with Crippen LogP contribution in [0.1, 0.15) is 27.7 Å². The zero-order valence-electron chi connectivity index (χ0n) is 21.1. The maximum absolute atomic E-state index is 12.4. The highest BCUT2D eigenvalue weighted by molar-refractivity contribution is 7.87. The van der Waals surface area contributed by atoms with Gasteiger partial charge in [0.25, 0.3) is 0 Å². The third-order valence-corrected chi connectivity index (χ3v) is 6.77. The van der Waals surface area contributed by atoms with Gasteiger partial charge in [0.1, 0.15) is 5.60 Å². The van der Waals surface area contributed by atoms with Gasteiger partial charge in [0.05, 0.1) is 26.3 Å². The fourth-order valence-electron chi connectivity index (χ4n) is 4.13. The monoisotopic (exact) mass is 509 g/mol. The largest absolute Gasteiger partial charge is 0.493 e. The van der Waals surface area contributed by atoms with Crippen molar-refractivity contribution in [1.29, 1.82) is 0 Å². The molecule has 1 aromatic heterocycles. The molecule has 1 aliphatic heterocycles. The number of piperazine rings is 1. The Morgan fingerprint density at radius 2 is 1.86 bits per heavy atom. The smallest absolute Gasteiger partial charge is 0.425 e. The summed E-state index contributed by atoms with van der Waals surface area (Å²) in [5.41, 5.74) is 0.998. The van der Waals surface area contributed by atoms with Gasteiger partial charge in [0.15, 0.2) is 11.5 Å². The van der Waals surface area contributed by atoms with Crippen molar-refractivity contribution >= 4 is 32.9 Å². The van der Waals surface area contributed by atoms with E-state index in [2.05, 4.69) is 21.7 Å². The molecule has 1 amide bonds. The quantitative estimate of drug-likeness (QED) is 0.597. The molecule has 2 aromatic rings. The minimum atomic E-state index is -4.25. The van der Waals surface area contributed by atoms with Crippen molar-refractivity contribution < 1.29 is 27.4 Å². The van der Waals surface area contributed by atoms with Gasteiger partial charge in [-0.1, -0.05) is 0 Å². The molecule has 1 saturated heterocycles. The second-order valence-corrected chi connectivity index (χ2v) is 11.0. The number of fused-ring (bicyclic) bond motifs is 1. The molecule has 11 nitrogen and oxygen atoms in total. The van der Waals surface area contributed by atoms with Crippen molar-refractivity contribution in [2.24, 2.45) is 5.14 Å². The number of nitrogens with two attached hydrogens (primary N) is 1. The minimum absolute atomic E-state index is 0.0900. The maximum Gasteiger partial charge on any atom is 0.425 e. The summed E-state index contributed by atoms with van der Waals surface area (Å²) in [7, 11) is -1.06. The van der Waals surface area contributed by atoms with Gasteiger partial charge in [-0.3, -0.25) is 9.88 Å². The topological polar surface area (TPSA) is 128 Å². The molecule has 35 heavy (non-hydrogen) atoms. The van der Waals surface area contributed by atoms with Gasteiger partial charge in [-0.05, 0) is 39.8 Å². The van der Waals surface area contributed by atoms with Crippen LogP contribution in [0.15, 0.2) is 24.4 Å². The number of hydrogen-bond acceptors (Lipinski definition) is 9. The van der Waals surface area contributed by atoms with E-state index in [-0.39, 0.29) is 12.6 Å². The number of carbonyl (C=O) groups excluding carboxylic acids is 1. The van der Waals surface area contributed by atoms with Gasteiger partial charge < -0.3 is 19.1 Å². The second kappa shape index (κ2) is 10.4. The number of pyridine rings is 1. The number of aromatic nitrogens is 1. The lowest BCUT2D eigenvalue weighted by molar-refractivity contribution is 0.0371. The summed E-state index contributed by atoms with van der Waals surface area (Å²) in [5.74, 6) is 1.25. The number of anilines is 1. The van der Waals surface area contributed by atoms with Crippen molar-refractivity contribution in [3.63, 3.8) is 0 Å². The Bertz CT molecular complexity index is 1170. The number of rotatable bonds is 7. The Hall–Kier alpha value is -2.83. The van der Waals surface area contributed by atoms with Gasteiger partial charge in [0, 0.05) is 55.6 Å². The fraction of sp³-hybridized carbons (Fsp3) is 0.565. The van der Waals surface area contributed by atoms with Crippen LogP contribution in [-0.2, 0) is 14.9 Å². The molecule has 0 bridgehead atoms. The van der Waals surface area contributed by atoms with Gasteiger partial charge in [-0.25, -0.2) is 9.93 Å². The highest BCUT2D eigenvalue weighted by Crippen LogP contribution is 2.36. The number of hydrogen-bond donors (Lipinski definition) is 1. The van der Waals surface area contributed by atoms with E-state index in [4.69, 9.17) is 19.3 Å². The molecular weight excluding hydrogens is 474 g/mol. The van der Waals surface area contributed by atoms with E-state index in [0.717, 1.165) is 16.6 Å². The van der Waals surface area contributed by atoms with Crippen molar-refractivity contribution in [2.45, 2.75) is 39.3 Å².